The van der Waals surface area contributed by atoms with Crippen molar-refractivity contribution in [1.29, 1.82) is 0 Å². The van der Waals surface area contributed by atoms with Crippen molar-refractivity contribution < 1.29 is 18.6 Å². The van der Waals surface area contributed by atoms with E-state index >= 15 is 8.78 Å². The number of anilines is 1. The van der Waals surface area contributed by atoms with E-state index in [0.29, 0.717) is 28.6 Å². The number of phenolic OH excluding ortho intramolecular Hbond substituents is 1. The summed E-state index contributed by atoms with van der Waals surface area (Å²) >= 11 is 0. The van der Waals surface area contributed by atoms with Gasteiger partial charge in [-0.25, -0.2) is 8.78 Å². The zero-order valence-corrected chi connectivity index (χ0v) is 24.3. The highest BCUT2D eigenvalue weighted by molar-refractivity contribution is 6.01. The Morgan fingerprint density at radius 2 is 1.90 bits per heavy atom. The number of nitrogens with zero attached hydrogens (tertiary/aromatic N) is 4. The molecule has 3 aromatic carbocycles. The van der Waals surface area contributed by atoms with Crippen LogP contribution in [0.1, 0.15) is 39.0 Å². The van der Waals surface area contributed by atoms with Crippen LogP contribution < -0.4 is 15.0 Å². The molecule has 220 valence electrons. The van der Waals surface area contributed by atoms with Crippen molar-refractivity contribution in [3.63, 3.8) is 0 Å². The number of piperazine rings is 1. The Morgan fingerprint density at radius 3 is 2.62 bits per heavy atom. The first kappa shape index (κ1) is 27.3. The number of benzene rings is 3. The maximum Gasteiger partial charge on any atom is 0.319 e. The summed E-state index contributed by atoms with van der Waals surface area (Å²) < 4.78 is 39.1. The van der Waals surface area contributed by atoms with Gasteiger partial charge in [0.25, 0.3) is 0 Å². The third kappa shape index (κ3) is 4.63. The molecule has 42 heavy (non-hydrogen) atoms. The molecule has 4 heterocycles. The summed E-state index contributed by atoms with van der Waals surface area (Å²) in [6, 6.07) is 12.3. The lowest BCUT2D eigenvalue weighted by atomic mass is 9.85. The molecule has 1 aliphatic carbocycles. The third-order valence-corrected chi connectivity index (χ3v) is 9.38. The van der Waals surface area contributed by atoms with Crippen LogP contribution in [0, 0.1) is 17.0 Å². The minimum absolute atomic E-state index is 0.0283. The van der Waals surface area contributed by atoms with Gasteiger partial charge in [-0.05, 0) is 80.7 Å². The van der Waals surface area contributed by atoms with Gasteiger partial charge in [-0.1, -0.05) is 31.2 Å². The number of halogens is 2. The van der Waals surface area contributed by atoms with Gasteiger partial charge in [-0.15, -0.1) is 0 Å². The first-order valence-electron chi connectivity index (χ1n) is 15.0. The highest BCUT2D eigenvalue weighted by Crippen LogP contribution is 2.47. The second-order valence-corrected chi connectivity index (χ2v) is 12.6. The molecule has 0 radical (unpaired) electrons. The van der Waals surface area contributed by atoms with Gasteiger partial charge < -0.3 is 25.0 Å². The van der Waals surface area contributed by atoms with E-state index in [1.807, 2.05) is 32.3 Å². The second-order valence-electron chi connectivity index (χ2n) is 12.6. The molecule has 8 rings (SSSR count). The summed E-state index contributed by atoms with van der Waals surface area (Å²) in [6.45, 7) is 4.27. The van der Waals surface area contributed by atoms with Crippen molar-refractivity contribution in [2.24, 2.45) is 5.41 Å². The molecule has 1 saturated carbocycles. The minimum Gasteiger partial charge on any atom is -0.508 e. The quantitative estimate of drug-likeness (QED) is 0.273. The predicted molar refractivity (Wildman–Crippen MR) is 161 cm³/mol. The van der Waals surface area contributed by atoms with Gasteiger partial charge in [0.05, 0.1) is 12.2 Å². The first-order valence-corrected chi connectivity index (χ1v) is 15.0. The largest absolute Gasteiger partial charge is 0.508 e. The van der Waals surface area contributed by atoms with Crippen LogP contribution in [0.15, 0.2) is 42.5 Å². The van der Waals surface area contributed by atoms with Gasteiger partial charge in [0.1, 0.15) is 22.9 Å². The lowest BCUT2D eigenvalue weighted by molar-refractivity contribution is 0.182. The van der Waals surface area contributed by atoms with E-state index in [0.717, 1.165) is 45.2 Å². The molecule has 4 aromatic rings. The van der Waals surface area contributed by atoms with E-state index in [4.69, 9.17) is 9.72 Å². The zero-order chi connectivity index (χ0) is 29.2. The second kappa shape index (κ2) is 10.3. The van der Waals surface area contributed by atoms with Gasteiger partial charge >= 0.3 is 6.01 Å². The molecular weight excluding hydrogens is 536 g/mol. The molecule has 3 aliphatic heterocycles. The molecule has 2 N–H and O–H groups in total. The Balaban J connectivity index is 1.41. The molecule has 1 aromatic heterocycles. The van der Waals surface area contributed by atoms with Crippen LogP contribution in [0.2, 0.25) is 0 Å². The monoisotopic (exact) mass is 573 g/mol. The normalized spacial score (nSPS) is 22.8. The fraction of sp³-hybridized carbons (Fsp3) is 0.455. The lowest BCUT2D eigenvalue weighted by Gasteiger charge is -2.52. The molecule has 4 aliphatic rings. The van der Waals surface area contributed by atoms with Crippen LogP contribution in [-0.2, 0) is 0 Å². The van der Waals surface area contributed by atoms with Crippen LogP contribution in [0.25, 0.3) is 32.8 Å². The Bertz CT molecular complexity index is 1670. The molecule has 0 amide bonds. The first-order chi connectivity index (χ1) is 20.3. The van der Waals surface area contributed by atoms with Gasteiger partial charge in [0.2, 0.25) is 0 Å². The minimum atomic E-state index is -0.781. The Morgan fingerprint density at radius 1 is 1.10 bits per heavy atom. The summed E-state index contributed by atoms with van der Waals surface area (Å²) in [4.78, 5) is 13.9. The predicted octanol–water partition coefficient (Wildman–Crippen LogP) is 5.87. The molecular formula is C33H37F2N5O2. The number of hydrogen-bond donors (Lipinski definition) is 2. The summed E-state index contributed by atoms with van der Waals surface area (Å²) in [6.07, 6.45) is 5.04. The number of nitrogens with one attached hydrogen (secondary N) is 1. The van der Waals surface area contributed by atoms with E-state index in [1.54, 1.807) is 12.1 Å². The van der Waals surface area contributed by atoms with E-state index < -0.39 is 11.6 Å². The summed E-state index contributed by atoms with van der Waals surface area (Å²) in [7, 11) is 4.09. The maximum atomic E-state index is 16.7. The average Bonchev–Trinajstić information content (AvgIpc) is 3.74. The molecule has 2 bridgehead atoms. The van der Waals surface area contributed by atoms with Crippen molar-refractivity contribution in [3.05, 3.63) is 54.1 Å². The summed E-state index contributed by atoms with van der Waals surface area (Å²) in [5.41, 5.74) is 0.126. The number of piperidine rings is 2. The van der Waals surface area contributed by atoms with Crippen LogP contribution in [0.5, 0.6) is 11.8 Å². The van der Waals surface area contributed by atoms with E-state index in [1.165, 1.54) is 12.1 Å². The van der Waals surface area contributed by atoms with E-state index in [9.17, 15) is 5.11 Å². The maximum absolute atomic E-state index is 16.7. The average molecular weight is 574 g/mol. The Labute approximate surface area is 244 Å². The Hall–Kier alpha value is -3.56. The van der Waals surface area contributed by atoms with Crippen molar-refractivity contribution in [2.75, 3.05) is 38.7 Å². The van der Waals surface area contributed by atoms with Crippen molar-refractivity contribution in [2.45, 2.75) is 57.2 Å². The summed E-state index contributed by atoms with van der Waals surface area (Å²) in [5.74, 6) is -1.03. The number of rotatable bonds is 8. The molecule has 0 unspecified atom stereocenters. The third-order valence-electron chi connectivity index (χ3n) is 9.38. The smallest absolute Gasteiger partial charge is 0.319 e. The number of hydrogen-bond acceptors (Lipinski definition) is 7. The van der Waals surface area contributed by atoms with Crippen LogP contribution in [-0.4, -0.2) is 71.9 Å². The van der Waals surface area contributed by atoms with Crippen LogP contribution in [0.4, 0.5) is 14.6 Å². The fourth-order valence-corrected chi connectivity index (χ4v) is 7.29. The van der Waals surface area contributed by atoms with Gasteiger partial charge in [-0.3, -0.25) is 0 Å². The van der Waals surface area contributed by atoms with Gasteiger partial charge in [0, 0.05) is 42.0 Å². The highest BCUT2D eigenvalue weighted by atomic mass is 19.1. The van der Waals surface area contributed by atoms with Crippen LogP contribution >= 0.6 is 0 Å². The Kier molecular flexibility index (Phi) is 6.70. The van der Waals surface area contributed by atoms with Gasteiger partial charge in [-0.2, -0.15) is 9.97 Å². The molecule has 3 atom stereocenters. The molecule has 3 saturated heterocycles. The number of ether oxygens (including phenoxy) is 1. The van der Waals surface area contributed by atoms with Gasteiger partial charge in [0.15, 0.2) is 5.82 Å². The van der Waals surface area contributed by atoms with Crippen LogP contribution in [0.3, 0.4) is 0 Å². The standard InChI is InChI=1S/C33H37F2N5O2/c1-4-27-26-10-9-20(16-36-26)40(27)31-24-15-25(34)28(23-14-21(41)13-19-7-5-6-8-22(19)23)29(35)30(24)37-32(38-31)42-18-33(11-12-33)17-39(2)3/h5-8,13-15,20,26-27,36,41H,4,9-12,16-18H2,1-3H3/t20-,26-,27+/m0/s1. The summed E-state index contributed by atoms with van der Waals surface area (Å²) in [5, 5.41) is 15.8. The topological polar surface area (TPSA) is 73.8 Å². The molecule has 0 spiro atoms. The van der Waals surface area contributed by atoms with Crippen molar-refractivity contribution in [3.8, 4) is 22.9 Å². The van der Waals surface area contributed by atoms with E-state index in [-0.39, 0.29) is 51.9 Å². The highest BCUT2D eigenvalue weighted by Gasteiger charge is 2.45. The van der Waals surface area contributed by atoms with Crippen molar-refractivity contribution in [1.82, 2.24) is 20.2 Å². The fourth-order valence-electron chi connectivity index (χ4n) is 7.29. The number of phenols is 1. The SMILES string of the molecule is CC[C@@H]1[C@@H]2CC[C@@H](CN2)N1c1nc(OCC2(CN(C)C)CC2)nc2c(F)c(-c3cc(O)cc4ccccc34)c(F)cc12. The van der Waals surface area contributed by atoms with E-state index in [2.05, 4.69) is 27.0 Å². The van der Waals surface area contributed by atoms with Crippen molar-refractivity contribution >= 4 is 27.5 Å². The molecule has 9 heteroatoms. The number of aromatic hydroxyl groups is 1. The number of fused-ring (bicyclic) bond motifs is 5. The molecule has 7 nitrogen and oxygen atoms in total. The molecule has 4 fully saturated rings. The number of aromatic nitrogens is 2. The zero-order valence-electron chi connectivity index (χ0n) is 24.3. The lowest BCUT2D eigenvalue weighted by Crippen LogP contribution is -2.67.